The summed E-state index contributed by atoms with van der Waals surface area (Å²) in [6.45, 7) is 4.66. The van der Waals surface area contributed by atoms with Crippen LogP contribution in [0, 0.1) is 5.82 Å². The first-order valence-electron chi connectivity index (χ1n) is 9.71. The molecule has 2 aromatic rings. The van der Waals surface area contributed by atoms with E-state index in [0.717, 1.165) is 18.5 Å². The number of amidine groups is 1. The molecule has 0 spiro atoms. The minimum Gasteiger partial charge on any atom is -0.326 e. The van der Waals surface area contributed by atoms with Gasteiger partial charge in [-0.05, 0) is 54.8 Å². The third-order valence-corrected chi connectivity index (χ3v) is 5.71. The van der Waals surface area contributed by atoms with Crippen molar-refractivity contribution >= 4 is 40.1 Å². The number of amides is 2. The van der Waals surface area contributed by atoms with Crippen molar-refractivity contribution in [1.29, 1.82) is 0 Å². The minimum absolute atomic E-state index is 0.0366. The van der Waals surface area contributed by atoms with Crippen LogP contribution >= 0.6 is 11.8 Å². The predicted molar refractivity (Wildman–Crippen MR) is 116 cm³/mol. The molecule has 0 radical (unpaired) electrons. The van der Waals surface area contributed by atoms with E-state index in [9.17, 15) is 14.0 Å². The molecule has 29 heavy (non-hydrogen) atoms. The Hall–Kier alpha value is -2.67. The van der Waals surface area contributed by atoms with Crippen LogP contribution in [0.4, 0.5) is 15.8 Å². The highest BCUT2D eigenvalue weighted by Gasteiger charge is 2.38. The van der Waals surface area contributed by atoms with Crippen molar-refractivity contribution in [3.8, 4) is 0 Å². The van der Waals surface area contributed by atoms with Crippen LogP contribution in [0.3, 0.4) is 0 Å². The monoisotopic (exact) mass is 413 g/mol. The lowest BCUT2D eigenvalue weighted by Gasteiger charge is -2.15. The number of benzene rings is 2. The number of thioether (sulfide) groups is 1. The number of nitrogens with one attached hydrogen (secondary N) is 1. The van der Waals surface area contributed by atoms with Gasteiger partial charge >= 0.3 is 0 Å². The van der Waals surface area contributed by atoms with E-state index in [-0.39, 0.29) is 24.1 Å². The summed E-state index contributed by atoms with van der Waals surface area (Å²) in [5.41, 5.74) is 2.52. The number of anilines is 1. The van der Waals surface area contributed by atoms with Gasteiger partial charge in [-0.1, -0.05) is 37.7 Å². The van der Waals surface area contributed by atoms with Crippen LogP contribution in [0.25, 0.3) is 0 Å². The zero-order chi connectivity index (χ0) is 20.8. The Morgan fingerprint density at radius 2 is 1.83 bits per heavy atom. The van der Waals surface area contributed by atoms with E-state index in [2.05, 4.69) is 17.2 Å². The second kappa shape index (κ2) is 9.69. The topological polar surface area (TPSA) is 61.8 Å². The molecule has 1 heterocycles. The van der Waals surface area contributed by atoms with Gasteiger partial charge in [-0.3, -0.25) is 14.5 Å². The minimum atomic E-state index is -0.518. The van der Waals surface area contributed by atoms with E-state index in [4.69, 9.17) is 0 Å². The van der Waals surface area contributed by atoms with Gasteiger partial charge < -0.3 is 5.32 Å². The Morgan fingerprint density at radius 1 is 1.14 bits per heavy atom. The quantitative estimate of drug-likeness (QED) is 0.712. The van der Waals surface area contributed by atoms with E-state index >= 15 is 0 Å². The Bertz CT molecular complexity index is 897. The fourth-order valence-electron chi connectivity index (χ4n) is 2.98. The normalized spacial score (nSPS) is 17.8. The van der Waals surface area contributed by atoms with Gasteiger partial charge in [0.25, 0.3) is 0 Å². The average molecular weight is 414 g/mol. The van der Waals surface area contributed by atoms with Gasteiger partial charge in [-0.15, -0.1) is 0 Å². The molecule has 2 amide bonds. The second-order valence-corrected chi connectivity index (χ2v) is 7.94. The fourth-order valence-corrected chi connectivity index (χ4v) is 4.17. The largest absolute Gasteiger partial charge is 0.326 e. The molecule has 152 valence electrons. The van der Waals surface area contributed by atoms with E-state index in [1.54, 1.807) is 4.90 Å². The number of carbonyl (C=O) groups is 2. The number of hydrogen-bond donors (Lipinski definition) is 1. The number of rotatable bonds is 7. The summed E-state index contributed by atoms with van der Waals surface area (Å²) in [7, 11) is 0. The van der Waals surface area contributed by atoms with Crippen LogP contribution in [0.1, 0.15) is 32.3 Å². The third-order valence-electron chi connectivity index (χ3n) is 4.54. The second-order valence-electron chi connectivity index (χ2n) is 6.77. The fraction of sp³-hybridized carbons (Fsp3) is 0.318. The molecule has 0 aromatic heterocycles. The van der Waals surface area contributed by atoms with Crippen LogP contribution in [0.15, 0.2) is 53.5 Å². The van der Waals surface area contributed by atoms with Gasteiger partial charge in [-0.2, -0.15) is 0 Å². The first kappa shape index (κ1) is 21.0. The number of aliphatic imine (C=N–C) groups is 1. The van der Waals surface area contributed by atoms with Gasteiger partial charge in [0.1, 0.15) is 11.1 Å². The lowest BCUT2D eigenvalue weighted by atomic mass is 10.2. The van der Waals surface area contributed by atoms with Crippen molar-refractivity contribution < 1.29 is 14.0 Å². The summed E-state index contributed by atoms with van der Waals surface area (Å²) >= 11 is 1.32. The summed E-state index contributed by atoms with van der Waals surface area (Å²) in [6.07, 6.45) is 1.79. The maximum atomic E-state index is 13.0. The zero-order valence-corrected chi connectivity index (χ0v) is 17.3. The van der Waals surface area contributed by atoms with E-state index in [1.165, 1.54) is 41.6 Å². The number of halogens is 1. The van der Waals surface area contributed by atoms with Gasteiger partial charge in [0.2, 0.25) is 11.8 Å². The molecule has 1 aliphatic rings. The molecule has 1 aliphatic heterocycles. The summed E-state index contributed by atoms with van der Waals surface area (Å²) < 4.78 is 13.0. The standard InChI is InChI=1S/C22H24FN3O2S/c1-3-13-26-21(28)19(14-20(27)24-17-11-7-16(23)8-12-17)29-22(26)25-18-9-5-15(4-2)6-10-18/h5-12,19H,3-4,13-14H2,1-2H3,(H,24,27)/t19-/m1/s1. The first-order valence-corrected chi connectivity index (χ1v) is 10.6. The summed E-state index contributed by atoms with van der Waals surface area (Å²) in [5.74, 6) is -0.755. The molecular weight excluding hydrogens is 389 g/mol. The molecule has 3 rings (SSSR count). The lowest BCUT2D eigenvalue weighted by molar-refractivity contribution is -0.128. The van der Waals surface area contributed by atoms with Gasteiger partial charge in [0, 0.05) is 18.7 Å². The van der Waals surface area contributed by atoms with Crippen LogP contribution in [-0.4, -0.2) is 33.7 Å². The molecule has 1 saturated heterocycles. The molecule has 5 nitrogen and oxygen atoms in total. The first-order chi connectivity index (χ1) is 14.0. The van der Waals surface area contributed by atoms with Gasteiger partial charge in [0.15, 0.2) is 5.17 Å². The Kier molecular flexibility index (Phi) is 7.04. The molecule has 1 atom stereocenters. The van der Waals surface area contributed by atoms with Crippen LogP contribution < -0.4 is 5.32 Å². The molecule has 7 heteroatoms. The summed E-state index contributed by atoms with van der Waals surface area (Å²) in [6, 6.07) is 13.5. The molecular formula is C22H24FN3O2S. The summed E-state index contributed by atoms with van der Waals surface area (Å²) in [5, 5.41) is 2.82. The molecule has 1 fully saturated rings. The highest BCUT2D eigenvalue weighted by Crippen LogP contribution is 2.32. The predicted octanol–water partition coefficient (Wildman–Crippen LogP) is 4.76. The van der Waals surface area contributed by atoms with Crippen LogP contribution in [0.5, 0.6) is 0 Å². The Balaban J connectivity index is 1.71. The smallest absolute Gasteiger partial charge is 0.242 e. The molecule has 2 aromatic carbocycles. The number of hydrogen-bond acceptors (Lipinski definition) is 4. The molecule has 0 saturated carbocycles. The number of nitrogens with zero attached hydrogens (tertiary/aromatic N) is 2. The lowest BCUT2D eigenvalue weighted by Crippen LogP contribution is -2.34. The van der Waals surface area contributed by atoms with Crippen LogP contribution in [-0.2, 0) is 16.0 Å². The maximum Gasteiger partial charge on any atom is 0.242 e. The zero-order valence-electron chi connectivity index (χ0n) is 16.5. The van der Waals surface area contributed by atoms with E-state index < -0.39 is 5.25 Å². The summed E-state index contributed by atoms with van der Waals surface area (Å²) in [4.78, 5) is 31.5. The van der Waals surface area contributed by atoms with Crippen molar-refractivity contribution in [2.45, 2.75) is 38.4 Å². The Morgan fingerprint density at radius 3 is 2.45 bits per heavy atom. The molecule has 0 unspecified atom stereocenters. The Labute approximate surface area is 174 Å². The van der Waals surface area contributed by atoms with E-state index in [0.29, 0.717) is 17.4 Å². The van der Waals surface area contributed by atoms with Crippen molar-refractivity contribution in [3.05, 3.63) is 59.9 Å². The van der Waals surface area contributed by atoms with Crippen molar-refractivity contribution in [1.82, 2.24) is 4.90 Å². The molecule has 0 aliphatic carbocycles. The highest BCUT2D eigenvalue weighted by molar-refractivity contribution is 8.15. The van der Waals surface area contributed by atoms with Gasteiger partial charge in [-0.25, -0.2) is 9.38 Å². The SMILES string of the molecule is CCCN1C(=O)[C@@H](CC(=O)Nc2ccc(F)cc2)SC1=Nc1ccc(CC)cc1. The van der Waals surface area contributed by atoms with Crippen molar-refractivity contribution in [2.24, 2.45) is 4.99 Å². The van der Waals surface area contributed by atoms with Crippen molar-refractivity contribution in [2.75, 3.05) is 11.9 Å². The number of carbonyl (C=O) groups excluding carboxylic acids is 2. The highest BCUT2D eigenvalue weighted by atomic mass is 32.2. The van der Waals surface area contributed by atoms with Crippen molar-refractivity contribution in [3.63, 3.8) is 0 Å². The molecule has 1 N–H and O–H groups in total. The van der Waals surface area contributed by atoms with E-state index in [1.807, 2.05) is 31.2 Å². The third kappa shape index (κ3) is 5.44. The number of aryl methyl sites for hydroxylation is 1. The van der Waals surface area contributed by atoms with Gasteiger partial charge in [0.05, 0.1) is 5.69 Å². The maximum absolute atomic E-state index is 13.0. The van der Waals surface area contributed by atoms with Crippen LogP contribution in [0.2, 0.25) is 0 Å². The molecule has 0 bridgehead atoms. The average Bonchev–Trinajstić information content (AvgIpc) is 2.99.